The zero-order valence-electron chi connectivity index (χ0n) is 12.5. The fourth-order valence-corrected chi connectivity index (χ4v) is 2.18. The summed E-state index contributed by atoms with van der Waals surface area (Å²) in [5.74, 6) is 0.536. The van der Waals surface area contributed by atoms with E-state index in [0.29, 0.717) is 25.1 Å². The summed E-state index contributed by atoms with van der Waals surface area (Å²) in [6.07, 6.45) is 3.73. The third kappa shape index (κ3) is 4.02. The number of aliphatic imine (C=N–C) groups is 1. The second kappa shape index (κ2) is 8.09. The standard InChI is InChI=1S/C16H20FN5/c1-19-22(11-14-5-2-3-7-15(14)17)16-13(6-4-9-21-16)8-10-20-12-18/h2-7,9,12,19H,8,10-11H2,1H3,(H2,18,20). The number of nitrogens with zero attached hydrogens (tertiary/aromatic N) is 3. The lowest BCUT2D eigenvalue weighted by Gasteiger charge is -2.24. The van der Waals surface area contributed by atoms with Crippen molar-refractivity contribution in [2.45, 2.75) is 13.0 Å². The molecule has 0 aliphatic rings. The predicted octanol–water partition coefficient (Wildman–Crippen LogP) is 1.89. The van der Waals surface area contributed by atoms with E-state index in [2.05, 4.69) is 15.4 Å². The van der Waals surface area contributed by atoms with E-state index in [-0.39, 0.29) is 5.82 Å². The predicted molar refractivity (Wildman–Crippen MR) is 87.1 cm³/mol. The van der Waals surface area contributed by atoms with Gasteiger partial charge in [0.25, 0.3) is 0 Å². The molecule has 0 bridgehead atoms. The molecule has 0 unspecified atom stereocenters. The summed E-state index contributed by atoms with van der Waals surface area (Å²) >= 11 is 0. The molecule has 116 valence electrons. The largest absolute Gasteiger partial charge is 0.390 e. The molecule has 22 heavy (non-hydrogen) atoms. The molecular formula is C16H20FN5. The van der Waals surface area contributed by atoms with Crippen LogP contribution in [0.5, 0.6) is 0 Å². The second-order valence-electron chi connectivity index (χ2n) is 4.69. The molecule has 1 aromatic carbocycles. The lowest BCUT2D eigenvalue weighted by molar-refractivity contribution is 0.592. The van der Waals surface area contributed by atoms with E-state index in [4.69, 9.17) is 5.73 Å². The molecule has 0 aliphatic heterocycles. The molecule has 0 saturated carbocycles. The van der Waals surface area contributed by atoms with E-state index in [1.54, 1.807) is 25.4 Å². The lowest BCUT2D eigenvalue weighted by Crippen LogP contribution is -2.36. The smallest absolute Gasteiger partial charge is 0.146 e. The van der Waals surface area contributed by atoms with Crippen LogP contribution < -0.4 is 16.2 Å². The Kier molecular flexibility index (Phi) is 5.85. The summed E-state index contributed by atoms with van der Waals surface area (Å²) < 4.78 is 13.8. The number of nitrogens with one attached hydrogen (secondary N) is 1. The van der Waals surface area contributed by atoms with Gasteiger partial charge in [-0.2, -0.15) is 0 Å². The van der Waals surface area contributed by atoms with Crippen LogP contribution in [0.4, 0.5) is 10.2 Å². The Labute approximate surface area is 129 Å². The summed E-state index contributed by atoms with van der Waals surface area (Å²) in [7, 11) is 1.79. The average molecular weight is 301 g/mol. The fraction of sp³-hybridized carbons (Fsp3) is 0.250. The molecule has 0 atom stereocenters. The van der Waals surface area contributed by atoms with Gasteiger partial charge < -0.3 is 5.73 Å². The third-order valence-electron chi connectivity index (χ3n) is 3.30. The van der Waals surface area contributed by atoms with Gasteiger partial charge in [0.15, 0.2) is 0 Å². The number of hydrogen-bond acceptors (Lipinski definition) is 4. The molecule has 5 nitrogen and oxygen atoms in total. The van der Waals surface area contributed by atoms with E-state index >= 15 is 0 Å². The maximum absolute atomic E-state index is 13.8. The molecule has 0 aliphatic carbocycles. The second-order valence-corrected chi connectivity index (χ2v) is 4.69. The number of pyridine rings is 1. The number of nitrogens with two attached hydrogens (primary N) is 1. The molecule has 2 rings (SSSR count). The van der Waals surface area contributed by atoms with Crippen molar-refractivity contribution in [3.63, 3.8) is 0 Å². The molecule has 0 amide bonds. The molecule has 1 aromatic heterocycles. The van der Waals surface area contributed by atoms with Gasteiger partial charge in [-0.15, -0.1) is 0 Å². The quantitative estimate of drug-likeness (QED) is 0.465. The summed E-state index contributed by atoms with van der Waals surface area (Å²) in [5, 5.41) is 1.82. The maximum atomic E-state index is 13.8. The van der Waals surface area contributed by atoms with Crippen molar-refractivity contribution >= 4 is 12.2 Å². The topological polar surface area (TPSA) is 66.5 Å². The lowest BCUT2D eigenvalue weighted by atomic mass is 10.1. The minimum absolute atomic E-state index is 0.229. The van der Waals surface area contributed by atoms with Gasteiger partial charge in [0.2, 0.25) is 0 Å². The highest BCUT2D eigenvalue weighted by molar-refractivity contribution is 5.51. The van der Waals surface area contributed by atoms with Crippen molar-refractivity contribution in [2.75, 3.05) is 18.6 Å². The normalized spacial score (nSPS) is 11.0. The minimum Gasteiger partial charge on any atom is -0.390 e. The van der Waals surface area contributed by atoms with Gasteiger partial charge in [-0.05, 0) is 24.1 Å². The van der Waals surface area contributed by atoms with Crippen LogP contribution in [0.25, 0.3) is 0 Å². The molecular weight excluding hydrogens is 281 g/mol. The van der Waals surface area contributed by atoms with Crippen molar-refractivity contribution in [3.8, 4) is 0 Å². The van der Waals surface area contributed by atoms with Crippen LogP contribution in [0, 0.1) is 5.82 Å². The zero-order valence-corrected chi connectivity index (χ0v) is 12.5. The van der Waals surface area contributed by atoms with E-state index < -0.39 is 0 Å². The van der Waals surface area contributed by atoms with E-state index in [0.717, 1.165) is 11.4 Å². The van der Waals surface area contributed by atoms with E-state index in [9.17, 15) is 4.39 Å². The van der Waals surface area contributed by atoms with Gasteiger partial charge in [0.05, 0.1) is 12.9 Å². The van der Waals surface area contributed by atoms with Crippen LogP contribution >= 0.6 is 0 Å². The molecule has 6 heteroatoms. The molecule has 0 fully saturated rings. The van der Waals surface area contributed by atoms with Crippen LogP contribution in [-0.2, 0) is 13.0 Å². The monoisotopic (exact) mass is 301 g/mol. The Bertz CT molecular complexity index is 629. The van der Waals surface area contributed by atoms with Gasteiger partial charge >= 0.3 is 0 Å². The van der Waals surface area contributed by atoms with Gasteiger partial charge in [-0.1, -0.05) is 24.3 Å². The number of anilines is 1. The molecule has 0 spiro atoms. The number of hydrogen-bond donors (Lipinski definition) is 2. The Hall–Kier alpha value is -2.47. The fourth-order valence-electron chi connectivity index (χ4n) is 2.18. The van der Waals surface area contributed by atoms with Crippen LogP contribution in [0.2, 0.25) is 0 Å². The zero-order chi connectivity index (χ0) is 15.8. The first kappa shape index (κ1) is 15.9. The molecule has 2 aromatic rings. The Morgan fingerprint density at radius 1 is 1.27 bits per heavy atom. The van der Waals surface area contributed by atoms with Crippen LogP contribution in [0.1, 0.15) is 11.1 Å². The van der Waals surface area contributed by atoms with Crippen molar-refractivity contribution < 1.29 is 4.39 Å². The highest BCUT2D eigenvalue weighted by Crippen LogP contribution is 2.19. The average Bonchev–Trinajstić information content (AvgIpc) is 2.55. The highest BCUT2D eigenvalue weighted by atomic mass is 19.1. The van der Waals surface area contributed by atoms with Crippen molar-refractivity contribution in [2.24, 2.45) is 10.7 Å². The molecule has 3 N–H and O–H groups in total. The Balaban J connectivity index is 2.22. The maximum Gasteiger partial charge on any atom is 0.146 e. The number of aromatic nitrogens is 1. The number of benzene rings is 1. The first-order valence-corrected chi connectivity index (χ1v) is 7.08. The molecule has 1 heterocycles. The van der Waals surface area contributed by atoms with Crippen LogP contribution in [0.3, 0.4) is 0 Å². The van der Waals surface area contributed by atoms with E-state index in [1.807, 2.05) is 23.2 Å². The number of rotatable bonds is 7. The Morgan fingerprint density at radius 2 is 2.05 bits per heavy atom. The number of hydrazine groups is 1. The SMILES string of the molecule is CNN(Cc1ccccc1F)c1ncccc1CCN=CN. The molecule has 0 radical (unpaired) electrons. The van der Waals surface area contributed by atoms with Gasteiger partial charge in [0, 0.05) is 25.4 Å². The summed E-state index contributed by atoms with van der Waals surface area (Å²) in [5.41, 5.74) is 9.96. The first-order chi connectivity index (χ1) is 10.8. The minimum atomic E-state index is -0.229. The molecule has 0 saturated heterocycles. The van der Waals surface area contributed by atoms with Crippen LogP contribution in [0.15, 0.2) is 47.6 Å². The summed E-state index contributed by atoms with van der Waals surface area (Å²) in [6.45, 7) is 0.972. The van der Waals surface area contributed by atoms with E-state index in [1.165, 1.54) is 12.4 Å². The highest BCUT2D eigenvalue weighted by Gasteiger charge is 2.13. The van der Waals surface area contributed by atoms with Crippen molar-refractivity contribution in [1.82, 2.24) is 10.4 Å². The first-order valence-electron chi connectivity index (χ1n) is 7.08. The number of halogens is 1. The summed E-state index contributed by atoms with van der Waals surface area (Å²) in [4.78, 5) is 8.43. The van der Waals surface area contributed by atoms with Gasteiger partial charge in [-0.25, -0.2) is 14.8 Å². The van der Waals surface area contributed by atoms with Crippen molar-refractivity contribution in [3.05, 3.63) is 59.5 Å². The van der Waals surface area contributed by atoms with Gasteiger partial charge in [-0.3, -0.25) is 10.0 Å². The van der Waals surface area contributed by atoms with Crippen molar-refractivity contribution in [1.29, 1.82) is 0 Å². The third-order valence-corrected chi connectivity index (χ3v) is 3.30. The van der Waals surface area contributed by atoms with Crippen LogP contribution in [-0.4, -0.2) is 24.9 Å². The van der Waals surface area contributed by atoms with Gasteiger partial charge in [0.1, 0.15) is 11.6 Å². The summed E-state index contributed by atoms with van der Waals surface area (Å²) in [6, 6.07) is 10.6. The Morgan fingerprint density at radius 3 is 2.77 bits per heavy atom.